The minimum atomic E-state index is -0.883. The summed E-state index contributed by atoms with van der Waals surface area (Å²) in [6, 6.07) is 11.8. The van der Waals surface area contributed by atoms with E-state index >= 15 is 0 Å². The van der Waals surface area contributed by atoms with E-state index in [0.717, 1.165) is 47.5 Å². The van der Waals surface area contributed by atoms with Crippen LogP contribution in [0, 0.1) is 17.7 Å². The number of ether oxygens (including phenoxy) is 1. The predicted octanol–water partition coefficient (Wildman–Crippen LogP) is 4.77. The van der Waals surface area contributed by atoms with Crippen molar-refractivity contribution in [2.45, 2.75) is 44.6 Å². The lowest BCUT2D eigenvalue weighted by Gasteiger charge is -2.36. The Kier molecular flexibility index (Phi) is 5.72. The number of para-hydroxylation sites is 1. The molecule has 0 unspecified atom stereocenters. The Morgan fingerprint density at radius 3 is 2.62 bits per heavy atom. The highest BCUT2D eigenvalue weighted by atomic mass is 16.5. The number of aliphatic hydroxyl groups is 1. The fourth-order valence-corrected chi connectivity index (χ4v) is 3.80. The summed E-state index contributed by atoms with van der Waals surface area (Å²) >= 11 is 0. The first-order chi connectivity index (χ1) is 12.6. The molecule has 1 aromatic carbocycles. The van der Waals surface area contributed by atoms with Crippen molar-refractivity contribution in [3.8, 4) is 16.9 Å². The average molecular weight is 351 g/mol. The Balaban J connectivity index is 1.74. The van der Waals surface area contributed by atoms with Crippen LogP contribution in [0.1, 0.15) is 44.7 Å². The highest BCUT2D eigenvalue weighted by molar-refractivity contribution is 5.84. The summed E-state index contributed by atoms with van der Waals surface area (Å²) < 4.78 is 5.42. The fraction of sp³-hybridized carbons (Fsp3) is 0.409. The van der Waals surface area contributed by atoms with Crippen LogP contribution in [0.5, 0.6) is 5.75 Å². The van der Waals surface area contributed by atoms with Crippen LogP contribution in [0.25, 0.3) is 11.1 Å². The fourth-order valence-electron chi connectivity index (χ4n) is 3.80. The zero-order valence-electron chi connectivity index (χ0n) is 15.5. The number of aromatic nitrogens is 1. The van der Waals surface area contributed by atoms with E-state index in [2.05, 4.69) is 4.98 Å². The highest BCUT2D eigenvalue weighted by Crippen LogP contribution is 2.40. The number of benzene rings is 1. The summed E-state index contributed by atoms with van der Waals surface area (Å²) in [4.78, 5) is 4.57. The number of methoxy groups -OCH3 is 1. The van der Waals surface area contributed by atoms with Crippen LogP contribution < -0.4 is 4.74 Å². The third kappa shape index (κ3) is 3.80. The van der Waals surface area contributed by atoms with E-state index in [9.17, 15) is 5.11 Å². The minimum Gasteiger partial charge on any atom is -0.496 e. The number of rotatable bonds is 6. The van der Waals surface area contributed by atoms with Gasteiger partial charge < -0.3 is 15.3 Å². The van der Waals surface area contributed by atoms with Crippen LogP contribution in [0.3, 0.4) is 0 Å². The molecule has 26 heavy (non-hydrogen) atoms. The largest absolute Gasteiger partial charge is 0.496 e. The van der Waals surface area contributed by atoms with Gasteiger partial charge in [0.1, 0.15) is 11.4 Å². The zero-order chi connectivity index (χ0) is 18.6. The summed E-state index contributed by atoms with van der Waals surface area (Å²) in [6.07, 6.45) is 7.59. The molecule has 1 fully saturated rings. The van der Waals surface area contributed by atoms with Crippen LogP contribution in [0.4, 0.5) is 0 Å². The monoisotopic (exact) mass is 351 g/mol. The van der Waals surface area contributed by atoms with Crippen LogP contribution in [-0.2, 0) is 5.60 Å². The number of hydrogen-bond acceptors (Lipinski definition) is 4. The topological polar surface area (TPSA) is 66.2 Å². The summed E-state index contributed by atoms with van der Waals surface area (Å²) in [5.74, 6) is 1.10. The van der Waals surface area contributed by atoms with Crippen LogP contribution in [0.2, 0.25) is 0 Å². The van der Waals surface area contributed by atoms with Gasteiger partial charge in [0.25, 0.3) is 0 Å². The SMILES string of the molecule is C[CH]CC(=N)C1CCC(O)(c2ccc(-c3ccccc3OC)cn2)CC1. The van der Waals surface area contributed by atoms with Gasteiger partial charge in [0.15, 0.2) is 0 Å². The molecule has 0 spiro atoms. The highest BCUT2D eigenvalue weighted by Gasteiger charge is 2.36. The Morgan fingerprint density at radius 1 is 1.27 bits per heavy atom. The number of nitrogens with zero attached hydrogens (tertiary/aromatic N) is 1. The van der Waals surface area contributed by atoms with Crippen molar-refractivity contribution < 1.29 is 9.84 Å². The van der Waals surface area contributed by atoms with E-state index in [1.54, 1.807) is 7.11 Å². The molecule has 1 heterocycles. The van der Waals surface area contributed by atoms with Crippen molar-refractivity contribution in [1.29, 1.82) is 5.41 Å². The van der Waals surface area contributed by atoms with Gasteiger partial charge in [0.05, 0.1) is 12.8 Å². The normalized spacial score (nSPS) is 22.8. The molecule has 3 rings (SSSR count). The molecular weight excluding hydrogens is 324 g/mol. The average Bonchev–Trinajstić information content (AvgIpc) is 2.69. The lowest BCUT2D eigenvalue weighted by Crippen LogP contribution is -2.34. The first-order valence-corrected chi connectivity index (χ1v) is 9.25. The minimum absolute atomic E-state index is 0.291. The van der Waals surface area contributed by atoms with Crippen LogP contribution >= 0.6 is 0 Å². The molecule has 1 aliphatic carbocycles. The second-order valence-corrected chi connectivity index (χ2v) is 7.08. The van der Waals surface area contributed by atoms with Crippen molar-refractivity contribution in [2.24, 2.45) is 5.92 Å². The Labute approximate surface area is 155 Å². The maximum absolute atomic E-state index is 11.1. The maximum atomic E-state index is 11.1. The van der Waals surface area contributed by atoms with Gasteiger partial charge in [-0.25, -0.2) is 0 Å². The summed E-state index contributed by atoms with van der Waals surface area (Å²) in [5.41, 5.74) is 2.60. The number of nitrogens with one attached hydrogen (secondary N) is 1. The summed E-state index contributed by atoms with van der Waals surface area (Å²) in [5, 5.41) is 19.2. The molecule has 0 saturated heterocycles. The molecule has 1 aromatic heterocycles. The molecule has 137 valence electrons. The molecule has 2 aromatic rings. The molecule has 4 nitrogen and oxygen atoms in total. The molecule has 0 bridgehead atoms. The molecule has 1 saturated carbocycles. The molecule has 0 amide bonds. The Hall–Kier alpha value is -2.20. The van der Waals surface area contributed by atoms with E-state index < -0.39 is 5.60 Å². The van der Waals surface area contributed by atoms with E-state index in [1.165, 1.54) is 0 Å². The molecular formula is C22H27N2O2. The first-order valence-electron chi connectivity index (χ1n) is 9.25. The van der Waals surface area contributed by atoms with Crippen molar-refractivity contribution in [3.63, 3.8) is 0 Å². The first kappa shape index (κ1) is 18.6. The van der Waals surface area contributed by atoms with Gasteiger partial charge in [-0.05, 0) is 56.6 Å². The third-order valence-corrected chi connectivity index (χ3v) is 5.39. The third-order valence-electron chi connectivity index (χ3n) is 5.39. The van der Waals surface area contributed by atoms with Gasteiger partial charge in [0, 0.05) is 23.0 Å². The van der Waals surface area contributed by atoms with Gasteiger partial charge in [-0.3, -0.25) is 4.98 Å². The van der Waals surface area contributed by atoms with Crippen molar-refractivity contribution in [3.05, 3.63) is 54.7 Å². The molecule has 2 N–H and O–H groups in total. The van der Waals surface area contributed by atoms with Gasteiger partial charge in [0.2, 0.25) is 0 Å². The second kappa shape index (κ2) is 8.00. The van der Waals surface area contributed by atoms with E-state index in [-0.39, 0.29) is 0 Å². The number of hydrogen-bond donors (Lipinski definition) is 2. The van der Waals surface area contributed by atoms with E-state index in [1.807, 2.05) is 55.9 Å². The van der Waals surface area contributed by atoms with Crippen molar-refractivity contribution in [2.75, 3.05) is 7.11 Å². The Morgan fingerprint density at radius 2 is 2.00 bits per heavy atom. The van der Waals surface area contributed by atoms with E-state index in [4.69, 9.17) is 10.1 Å². The zero-order valence-corrected chi connectivity index (χ0v) is 15.5. The lowest BCUT2D eigenvalue weighted by molar-refractivity contribution is -0.0110. The second-order valence-electron chi connectivity index (χ2n) is 7.08. The summed E-state index contributed by atoms with van der Waals surface area (Å²) in [7, 11) is 1.66. The van der Waals surface area contributed by atoms with Gasteiger partial charge in [-0.2, -0.15) is 0 Å². The van der Waals surface area contributed by atoms with Crippen molar-refractivity contribution >= 4 is 5.71 Å². The standard InChI is InChI=1S/C22H27N2O2/c1-3-6-19(23)16-11-13-22(25,14-12-16)21-10-9-17(15-24-21)18-7-4-5-8-20(18)26-2/h3-5,7-10,15-16,23,25H,6,11-14H2,1-2H3. The smallest absolute Gasteiger partial charge is 0.126 e. The van der Waals surface area contributed by atoms with E-state index in [0.29, 0.717) is 18.8 Å². The maximum Gasteiger partial charge on any atom is 0.126 e. The summed E-state index contributed by atoms with van der Waals surface area (Å²) in [6.45, 7) is 1.99. The predicted molar refractivity (Wildman–Crippen MR) is 104 cm³/mol. The van der Waals surface area contributed by atoms with Crippen LogP contribution in [0.15, 0.2) is 42.6 Å². The van der Waals surface area contributed by atoms with Crippen LogP contribution in [-0.4, -0.2) is 22.9 Å². The Bertz CT molecular complexity index is 747. The molecule has 4 heteroatoms. The van der Waals surface area contributed by atoms with Gasteiger partial charge in [-0.15, -0.1) is 0 Å². The van der Waals surface area contributed by atoms with Gasteiger partial charge in [-0.1, -0.05) is 31.2 Å². The number of pyridine rings is 1. The molecule has 1 radical (unpaired) electrons. The molecule has 0 atom stereocenters. The quantitative estimate of drug-likeness (QED) is 0.737. The van der Waals surface area contributed by atoms with Gasteiger partial charge >= 0.3 is 0 Å². The molecule has 0 aliphatic heterocycles. The van der Waals surface area contributed by atoms with Crippen molar-refractivity contribution in [1.82, 2.24) is 4.98 Å². The lowest BCUT2D eigenvalue weighted by atomic mass is 9.74. The molecule has 1 aliphatic rings.